The summed E-state index contributed by atoms with van der Waals surface area (Å²) in [6, 6.07) is 8.02. The Morgan fingerprint density at radius 3 is 2.40 bits per heavy atom. The molecule has 0 aliphatic heterocycles. The Bertz CT molecular complexity index is 574. The number of aromatic nitrogens is 2. The van der Waals surface area contributed by atoms with Crippen molar-refractivity contribution in [3.05, 3.63) is 54.1 Å². The summed E-state index contributed by atoms with van der Waals surface area (Å²) in [6.45, 7) is 2.99. The predicted molar refractivity (Wildman–Crippen MR) is 79.6 cm³/mol. The Morgan fingerprint density at radius 1 is 1.20 bits per heavy atom. The van der Waals surface area contributed by atoms with Crippen LogP contribution in [0.15, 0.2) is 42.7 Å². The molecule has 0 atom stereocenters. The van der Waals surface area contributed by atoms with Gasteiger partial charge in [0, 0.05) is 12.1 Å². The Kier molecular flexibility index (Phi) is 4.96. The minimum atomic E-state index is -0.423. The normalized spacial score (nSPS) is 11.7. The Morgan fingerprint density at radius 2 is 1.85 bits per heavy atom. The summed E-state index contributed by atoms with van der Waals surface area (Å²) in [7, 11) is 1.93. The molecule has 1 N–H and O–H groups in total. The van der Waals surface area contributed by atoms with Crippen LogP contribution in [0.25, 0.3) is 17.0 Å². The van der Waals surface area contributed by atoms with E-state index in [1.54, 1.807) is 0 Å². The number of hydrogen-bond donors (Lipinski definition) is 1. The maximum absolute atomic E-state index is 12.8. The van der Waals surface area contributed by atoms with Crippen molar-refractivity contribution in [2.24, 2.45) is 0 Å². The second-order valence-corrected chi connectivity index (χ2v) is 4.44. The van der Waals surface area contributed by atoms with Crippen molar-refractivity contribution in [3.8, 4) is 11.4 Å². The Labute approximate surface area is 118 Å². The molecule has 2 aromatic rings. The highest BCUT2D eigenvalue weighted by atomic mass is 19.1. The number of rotatable bonds is 5. The quantitative estimate of drug-likeness (QED) is 0.906. The lowest BCUT2D eigenvalue weighted by Crippen LogP contribution is -2.05. The third-order valence-electron chi connectivity index (χ3n) is 3.07. The van der Waals surface area contributed by atoms with Crippen LogP contribution < -0.4 is 5.32 Å². The second kappa shape index (κ2) is 6.91. The Hall–Kier alpha value is -2.07. The largest absolute Gasteiger partial charge is 0.316 e. The zero-order chi connectivity index (χ0) is 14.4. The fourth-order valence-electron chi connectivity index (χ4n) is 1.99. The van der Waals surface area contributed by atoms with Crippen molar-refractivity contribution in [2.75, 3.05) is 13.6 Å². The molecule has 1 aromatic carbocycles. The van der Waals surface area contributed by atoms with Crippen LogP contribution in [-0.2, 0) is 0 Å². The molecule has 1 heterocycles. The molecular formula is C16H18FN3. The predicted octanol–water partition coefficient (Wildman–Crippen LogP) is 3.30. The van der Waals surface area contributed by atoms with Crippen LogP contribution in [0.2, 0.25) is 0 Å². The van der Waals surface area contributed by atoms with Gasteiger partial charge in [0.05, 0.1) is 12.4 Å². The van der Waals surface area contributed by atoms with Crippen molar-refractivity contribution in [1.29, 1.82) is 0 Å². The molecule has 0 unspecified atom stereocenters. The molecule has 1 aromatic heterocycles. The number of nitrogens with one attached hydrogen (secondary N) is 1. The zero-order valence-electron chi connectivity index (χ0n) is 11.7. The molecule has 0 spiro atoms. The number of nitrogens with zero attached hydrogens (tertiary/aromatic N) is 2. The average Bonchev–Trinajstić information content (AvgIpc) is 2.49. The van der Waals surface area contributed by atoms with Crippen molar-refractivity contribution in [1.82, 2.24) is 15.3 Å². The molecule has 0 saturated carbocycles. The molecule has 0 bridgehead atoms. The SMILES string of the molecule is CC/C(=C\CNC)c1ccc(-c2ncc(F)cn2)cc1. The summed E-state index contributed by atoms with van der Waals surface area (Å²) in [4.78, 5) is 7.96. The van der Waals surface area contributed by atoms with Gasteiger partial charge >= 0.3 is 0 Å². The van der Waals surface area contributed by atoms with E-state index in [4.69, 9.17) is 0 Å². The van der Waals surface area contributed by atoms with E-state index in [-0.39, 0.29) is 0 Å². The second-order valence-electron chi connectivity index (χ2n) is 4.44. The summed E-state index contributed by atoms with van der Waals surface area (Å²) in [5.41, 5.74) is 3.37. The van der Waals surface area contributed by atoms with Crippen LogP contribution in [-0.4, -0.2) is 23.6 Å². The highest BCUT2D eigenvalue weighted by Crippen LogP contribution is 2.21. The highest BCUT2D eigenvalue weighted by Gasteiger charge is 2.03. The fourth-order valence-corrected chi connectivity index (χ4v) is 1.99. The van der Waals surface area contributed by atoms with Gasteiger partial charge < -0.3 is 5.32 Å². The van der Waals surface area contributed by atoms with Crippen molar-refractivity contribution in [2.45, 2.75) is 13.3 Å². The third-order valence-corrected chi connectivity index (χ3v) is 3.07. The molecule has 0 saturated heterocycles. The minimum Gasteiger partial charge on any atom is -0.316 e. The van der Waals surface area contributed by atoms with E-state index >= 15 is 0 Å². The number of allylic oxidation sites excluding steroid dienone is 1. The first kappa shape index (κ1) is 14.3. The van der Waals surface area contributed by atoms with Crippen LogP contribution in [0.1, 0.15) is 18.9 Å². The fraction of sp³-hybridized carbons (Fsp3) is 0.250. The lowest BCUT2D eigenvalue weighted by molar-refractivity contribution is 0.614. The van der Waals surface area contributed by atoms with Gasteiger partial charge in [0.2, 0.25) is 0 Å². The lowest BCUT2D eigenvalue weighted by atomic mass is 10.0. The van der Waals surface area contributed by atoms with Crippen molar-refractivity contribution < 1.29 is 4.39 Å². The number of halogens is 1. The highest BCUT2D eigenvalue weighted by molar-refractivity contribution is 5.68. The van der Waals surface area contributed by atoms with E-state index in [0.29, 0.717) is 5.82 Å². The van der Waals surface area contributed by atoms with Crippen molar-refractivity contribution in [3.63, 3.8) is 0 Å². The molecular weight excluding hydrogens is 253 g/mol. The van der Waals surface area contributed by atoms with Gasteiger partial charge in [-0.15, -0.1) is 0 Å². The van der Waals surface area contributed by atoms with E-state index in [2.05, 4.69) is 28.3 Å². The molecule has 4 heteroatoms. The topological polar surface area (TPSA) is 37.8 Å². The molecule has 0 radical (unpaired) electrons. The maximum atomic E-state index is 12.8. The first-order valence-electron chi connectivity index (χ1n) is 6.66. The first-order chi connectivity index (χ1) is 9.74. The Balaban J connectivity index is 2.23. The molecule has 2 rings (SSSR count). The monoisotopic (exact) mass is 271 g/mol. The van der Waals surface area contributed by atoms with Gasteiger partial charge in [0.15, 0.2) is 11.6 Å². The van der Waals surface area contributed by atoms with Crippen LogP contribution in [0.5, 0.6) is 0 Å². The number of hydrogen-bond acceptors (Lipinski definition) is 3. The van der Waals surface area contributed by atoms with E-state index in [9.17, 15) is 4.39 Å². The molecule has 3 nitrogen and oxygen atoms in total. The smallest absolute Gasteiger partial charge is 0.159 e. The van der Waals surface area contributed by atoms with Gasteiger partial charge in [-0.1, -0.05) is 37.3 Å². The van der Waals surface area contributed by atoms with E-state index in [1.807, 2.05) is 31.3 Å². The van der Waals surface area contributed by atoms with Gasteiger partial charge in [0.25, 0.3) is 0 Å². The summed E-state index contributed by atoms with van der Waals surface area (Å²) in [5, 5.41) is 3.11. The third kappa shape index (κ3) is 3.48. The van der Waals surface area contributed by atoms with E-state index in [0.717, 1.165) is 18.5 Å². The summed E-state index contributed by atoms with van der Waals surface area (Å²) >= 11 is 0. The molecule has 20 heavy (non-hydrogen) atoms. The number of benzene rings is 1. The minimum absolute atomic E-state index is 0.423. The zero-order valence-corrected chi connectivity index (χ0v) is 11.7. The van der Waals surface area contributed by atoms with Gasteiger partial charge in [-0.3, -0.25) is 0 Å². The lowest BCUT2D eigenvalue weighted by Gasteiger charge is -2.07. The molecule has 0 amide bonds. The van der Waals surface area contributed by atoms with Crippen molar-refractivity contribution >= 4 is 5.57 Å². The summed E-state index contributed by atoms with van der Waals surface area (Å²) in [5.74, 6) is 0.115. The van der Waals surface area contributed by atoms with Gasteiger partial charge in [-0.05, 0) is 24.6 Å². The van der Waals surface area contributed by atoms with E-state index < -0.39 is 5.82 Å². The van der Waals surface area contributed by atoms with Gasteiger partial charge in [-0.2, -0.15) is 0 Å². The van der Waals surface area contributed by atoms with E-state index in [1.165, 1.54) is 23.5 Å². The summed E-state index contributed by atoms with van der Waals surface area (Å²) < 4.78 is 12.8. The maximum Gasteiger partial charge on any atom is 0.159 e. The first-order valence-corrected chi connectivity index (χ1v) is 6.66. The average molecular weight is 271 g/mol. The summed E-state index contributed by atoms with van der Waals surface area (Å²) in [6.07, 6.45) is 5.53. The molecule has 104 valence electrons. The van der Waals surface area contributed by atoms with Crippen LogP contribution in [0.3, 0.4) is 0 Å². The molecule has 0 aliphatic rings. The van der Waals surface area contributed by atoms with Gasteiger partial charge in [-0.25, -0.2) is 14.4 Å². The van der Waals surface area contributed by atoms with Gasteiger partial charge in [0.1, 0.15) is 0 Å². The van der Waals surface area contributed by atoms with Crippen LogP contribution >= 0.6 is 0 Å². The number of likely N-dealkylation sites (N-methyl/N-ethyl adjacent to an activating group) is 1. The van der Waals surface area contributed by atoms with Crippen LogP contribution in [0.4, 0.5) is 4.39 Å². The molecule has 0 fully saturated rings. The van der Waals surface area contributed by atoms with Crippen LogP contribution in [0, 0.1) is 5.82 Å². The molecule has 0 aliphatic carbocycles. The standard InChI is InChI=1S/C16H18FN3/c1-3-12(8-9-18-2)13-4-6-14(7-5-13)16-19-10-15(17)11-20-16/h4-8,10-11,18H,3,9H2,1-2H3/b12-8+.